The number of hydrogen-bond donors (Lipinski definition) is 0. The topological polar surface area (TPSA) is 26.3 Å². The van der Waals surface area contributed by atoms with Crippen molar-refractivity contribution in [3.63, 3.8) is 0 Å². The van der Waals surface area contributed by atoms with Crippen LogP contribution in [0.5, 0.6) is 0 Å². The Balaban J connectivity index is 2.12. The largest absolute Gasteiger partial charge is 0.396 e. The third-order valence-corrected chi connectivity index (χ3v) is 10.3. The number of carbonyl (C=O) groups is 1. The van der Waals surface area contributed by atoms with Gasteiger partial charge in [0, 0.05) is 12.8 Å². The second-order valence-electron chi connectivity index (χ2n) is 8.43. The third-order valence-electron chi connectivity index (χ3n) is 5.28. The van der Waals surface area contributed by atoms with Gasteiger partial charge in [-0.15, -0.1) is 5.92 Å². The van der Waals surface area contributed by atoms with Crippen molar-refractivity contribution >= 4 is 25.0 Å². The van der Waals surface area contributed by atoms with Crippen LogP contribution in [0.25, 0.3) is 0 Å². The van der Waals surface area contributed by atoms with E-state index in [1.807, 2.05) is 0 Å². The van der Waals surface area contributed by atoms with E-state index in [0.29, 0.717) is 13.0 Å². The van der Waals surface area contributed by atoms with Crippen LogP contribution >= 0.6 is 0 Å². The zero-order valence-corrected chi connectivity index (χ0v) is 19.1. The standard InChI is InChI=1S/C26H34O2Si/c1-26(2,3)29(24-18-12-10-13-19-24,25-20-14-11-15-21-25)28-23-17-9-7-5-4-6-8-16-22-27/h10-15,18-22H,4-8,16,23H2,1-3H3. The average Bonchev–Trinajstić information content (AvgIpc) is 2.72. The number of carbonyl (C=O) groups excluding carboxylic acids is 1. The van der Waals surface area contributed by atoms with E-state index in [2.05, 4.69) is 93.3 Å². The van der Waals surface area contributed by atoms with Crippen molar-refractivity contribution in [1.29, 1.82) is 0 Å². The maximum atomic E-state index is 10.3. The first-order chi connectivity index (χ1) is 14.0. The normalized spacial score (nSPS) is 11.6. The fourth-order valence-electron chi connectivity index (χ4n) is 3.84. The van der Waals surface area contributed by atoms with Crippen LogP contribution in [0, 0.1) is 11.8 Å². The molecule has 0 aliphatic heterocycles. The molecule has 2 nitrogen and oxygen atoms in total. The van der Waals surface area contributed by atoms with Crippen LogP contribution in [0.15, 0.2) is 60.7 Å². The van der Waals surface area contributed by atoms with Crippen molar-refractivity contribution < 1.29 is 9.22 Å². The second-order valence-corrected chi connectivity index (χ2v) is 12.7. The summed E-state index contributed by atoms with van der Waals surface area (Å²) in [5, 5.41) is 2.56. The zero-order valence-electron chi connectivity index (χ0n) is 18.1. The summed E-state index contributed by atoms with van der Waals surface area (Å²) < 4.78 is 6.75. The molecule has 0 amide bonds. The van der Waals surface area contributed by atoms with E-state index in [1.165, 1.54) is 10.4 Å². The fraction of sp³-hybridized carbons (Fsp3) is 0.423. The van der Waals surface area contributed by atoms with Crippen LogP contribution in [0.1, 0.15) is 59.3 Å². The quantitative estimate of drug-likeness (QED) is 0.237. The first-order valence-corrected chi connectivity index (χ1v) is 12.6. The molecule has 0 fully saturated rings. The molecule has 0 heterocycles. The van der Waals surface area contributed by atoms with E-state index in [0.717, 1.165) is 38.4 Å². The van der Waals surface area contributed by atoms with Gasteiger partial charge in [-0.1, -0.05) is 100 Å². The predicted molar refractivity (Wildman–Crippen MR) is 125 cm³/mol. The Morgan fingerprint density at radius 1 is 0.828 bits per heavy atom. The summed E-state index contributed by atoms with van der Waals surface area (Å²) in [4.78, 5) is 10.3. The Bertz CT molecular complexity index is 743. The summed E-state index contributed by atoms with van der Waals surface area (Å²) in [6, 6.07) is 21.4. The van der Waals surface area contributed by atoms with Gasteiger partial charge in [0.25, 0.3) is 8.32 Å². The number of rotatable bonds is 10. The van der Waals surface area contributed by atoms with Crippen LogP contribution in [-0.4, -0.2) is 21.2 Å². The van der Waals surface area contributed by atoms with Crippen LogP contribution < -0.4 is 10.4 Å². The Morgan fingerprint density at radius 3 is 1.90 bits per heavy atom. The minimum absolute atomic E-state index is 0.0179. The van der Waals surface area contributed by atoms with Crippen molar-refractivity contribution in [1.82, 2.24) is 0 Å². The van der Waals surface area contributed by atoms with Gasteiger partial charge >= 0.3 is 0 Å². The fourth-order valence-corrected chi connectivity index (χ4v) is 8.28. The van der Waals surface area contributed by atoms with Gasteiger partial charge < -0.3 is 9.22 Å². The molecule has 0 N–H and O–H groups in total. The van der Waals surface area contributed by atoms with Gasteiger partial charge in [0.1, 0.15) is 6.29 Å². The summed E-state index contributed by atoms with van der Waals surface area (Å²) in [6.45, 7) is 7.31. The van der Waals surface area contributed by atoms with Crippen LogP contribution in [0.4, 0.5) is 0 Å². The summed E-state index contributed by atoms with van der Waals surface area (Å²) in [7, 11) is -2.48. The van der Waals surface area contributed by atoms with E-state index in [4.69, 9.17) is 4.43 Å². The lowest BCUT2D eigenvalue weighted by atomic mass is 10.1. The van der Waals surface area contributed by atoms with Gasteiger partial charge in [-0.05, 0) is 28.3 Å². The lowest BCUT2D eigenvalue weighted by molar-refractivity contribution is -0.107. The summed E-state index contributed by atoms with van der Waals surface area (Å²) in [5.41, 5.74) is 0. The van der Waals surface area contributed by atoms with Crippen molar-refractivity contribution in [3.05, 3.63) is 60.7 Å². The Morgan fingerprint density at radius 2 is 1.38 bits per heavy atom. The lowest BCUT2D eigenvalue weighted by Crippen LogP contribution is -2.66. The molecule has 0 aromatic heterocycles. The van der Waals surface area contributed by atoms with Crippen LogP contribution in [0.3, 0.4) is 0 Å². The van der Waals surface area contributed by atoms with E-state index in [9.17, 15) is 4.79 Å². The molecule has 0 spiro atoms. The number of aldehydes is 1. The van der Waals surface area contributed by atoms with Crippen molar-refractivity contribution in [2.45, 2.75) is 64.3 Å². The smallest absolute Gasteiger partial charge is 0.262 e. The van der Waals surface area contributed by atoms with Gasteiger partial charge in [-0.2, -0.15) is 0 Å². The highest BCUT2D eigenvalue weighted by Gasteiger charge is 2.49. The number of benzene rings is 2. The van der Waals surface area contributed by atoms with Crippen molar-refractivity contribution in [2.75, 3.05) is 6.61 Å². The summed E-state index contributed by atoms with van der Waals surface area (Å²) in [5.74, 6) is 6.54. The molecule has 29 heavy (non-hydrogen) atoms. The van der Waals surface area contributed by atoms with E-state index in [1.54, 1.807) is 0 Å². The highest BCUT2D eigenvalue weighted by atomic mass is 28.4. The molecule has 0 atom stereocenters. The van der Waals surface area contributed by atoms with Gasteiger partial charge in [-0.3, -0.25) is 0 Å². The summed E-state index contributed by atoms with van der Waals surface area (Å²) >= 11 is 0. The van der Waals surface area contributed by atoms with Crippen molar-refractivity contribution in [2.24, 2.45) is 0 Å². The van der Waals surface area contributed by atoms with Gasteiger partial charge in [0.2, 0.25) is 0 Å². The molecule has 2 aromatic carbocycles. The molecular formula is C26H34O2Si. The van der Waals surface area contributed by atoms with Crippen LogP contribution in [0.2, 0.25) is 5.04 Å². The first-order valence-electron chi connectivity index (χ1n) is 10.7. The van der Waals surface area contributed by atoms with E-state index < -0.39 is 8.32 Å². The molecule has 0 aliphatic rings. The molecule has 0 saturated carbocycles. The Hall–Kier alpha value is -2.15. The van der Waals surface area contributed by atoms with E-state index in [-0.39, 0.29) is 5.04 Å². The molecule has 0 aliphatic carbocycles. The molecule has 0 saturated heterocycles. The van der Waals surface area contributed by atoms with Gasteiger partial charge in [-0.25, -0.2) is 0 Å². The second kappa shape index (κ2) is 11.8. The molecule has 2 aromatic rings. The van der Waals surface area contributed by atoms with Crippen molar-refractivity contribution in [3.8, 4) is 11.8 Å². The zero-order chi connectivity index (χ0) is 21.0. The highest BCUT2D eigenvalue weighted by molar-refractivity contribution is 6.99. The van der Waals surface area contributed by atoms with Gasteiger partial charge in [0.05, 0.1) is 6.61 Å². The van der Waals surface area contributed by atoms with Crippen LogP contribution in [-0.2, 0) is 9.22 Å². The minimum Gasteiger partial charge on any atom is -0.396 e. The maximum absolute atomic E-state index is 10.3. The molecule has 0 radical (unpaired) electrons. The predicted octanol–water partition coefficient (Wildman–Crippen LogP) is 5.11. The molecule has 0 unspecified atom stereocenters. The van der Waals surface area contributed by atoms with E-state index >= 15 is 0 Å². The minimum atomic E-state index is -2.48. The molecule has 154 valence electrons. The van der Waals surface area contributed by atoms with Gasteiger partial charge in [0.15, 0.2) is 0 Å². The maximum Gasteiger partial charge on any atom is 0.262 e. The Labute approximate surface area is 177 Å². The molecule has 2 rings (SSSR count). The molecular weight excluding hydrogens is 372 g/mol. The molecule has 3 heteroatoms. The first kappa shape index (κ1) is 23.1. The summed E-state index contributed by atoms with van der Waals surface area (Å²) in [6.07, 6.45) is 6.90. The third kappa shape index (κ3) is 6.42. The SMILES string of the molecule is CC(C)(C)[Si](OCC#CCCCCCCC=O)(c1ccccc1)c1ccccc1. The lowest BCUT2D eigenvalue weighted by Gasteiger charge is -2.42. The monoisotopic (exact) mass is 406 g/mol. The number of hydrogen-bond acceptors (Lipinski definition) is 2. The Kier molecular flexibility index (Phi) is 9.37. The highest BCUT2D eigenvalue weighted by Crippen LogP contribution is 2.36. The number of unbranched alkanes of at least 4 members (excludes halogenated alkanes) is 5. The molecule has 0 bridgehead atoms. The average molecular weight is 407 g/mol.